The van der Waals surface area contributed by atoms with Crippen molar-refractivity contribution in [2.75, 3.05) is 5.32 Å². The van der Waals surface area contributed by atoms with Crippen molar-refractivity contribution < 1.29 is 4.79 Å². The van der Waals surface area contributed by atoms with E-state index in [1.165, 1.54) is 19.1 Å². The highest BCUT2D eigenvalue weighted by Crippen LogP contribution is 2.29. The van der Waals surface area contributed by atoms with Crippen molar-refractivity contribution in [3.8, 4) is 11.3 Å². The van der Waals surface area contributed by atoms with Gasteiger partial charge in [0.05, 0.1) is 5.69 Å². The number of aromatic amines is 1. The molecule has 1 fully saturated rings. The summed E-state index contributed by atoms with van der Waals surface area (Å²) in [5.41, 5.74) is 4.30. The lowest BCUT2D eigenvalue weighted by Crippen LogP contribution is -2.03. The third-order valence-electron chi connectivity index (χ3n) is 3.29. The Kier molecular flexibility index (Phi) is 2.91. The van der Waals surface area contributed by atoms with Crippen molar-refractivity contribution in [2.24, 2.45) is 0 Å². The first-order valence-electron chi connectivity index (χ1n) is 6.36. The SMILES string of the molecule is N=Cc1cc(-c2ccc(C=O)[nH]2)ccc1NC1CC1. The van der Waals surface area contributed by atoms with Crippen LogP contribution >= 0.6 is 0 Å². The molecule has 96 valence electrons. The Labute approximate surface area is 111 Å². The average molecular weight is 253 g/mol. The van der Waals surface area contributed by atoms with Crippen LogP contribution in [0.3, 0.4) is 0 Å². The highest BCUT2D eigenvalue weighted by Gasteiger charge is 2.21. The van der Waals surface area contributed by atoms with Crippen LogP contribution < -0.4 is 5.32 Å². The number of H-pyrrole nitrogens is 1. The molecule has 4 heteroatoms. The lowest BCUT2D eigenvalue weighted by atomic mass is 10.1. The minimum absolute atomic E-state index is 0.562. The second-order valence-corrected chi connectivity index (χ2v) is 4.81. The molecule has 0 spiro atoms. The number of carbonyl (C=O) groups is 1. The van der Waals surface area contributed by atoms with Crippen LogP contribution in [0.5, 0.6) is 0 Å². The van der Waals surface area contributed by atoms with E-state index >= 15 is 0 Å². The molecule has 3 N–H and O–H groups in total. The van der Waals surface area contributed by atoms with E-state index in [0.717, 1.165) is 28.8 Å². The van der Waals surface area contributed by atoms with E-state index in [1.54, 1.807) is 6.07 Å². The van der Waals surface area contributed by atoms with Gasteiger partial charge in [-0.25, -0.2) is 0 Å². The van der Waals surface area contributed by atoms with E-state index in [-0.39, 0.29) is 0 Å². The smallest absolute Gasteiger partial charge is 0.166 e. The summed E-state index contributed by atoms with van der Waals surface area (Å²) in [6, 6.07) is 10.1. The minimum Gasteiger partial charge on any atom is -0.382 e. The van der Waals surface area contributed by atoms with Crippen molar-refractivity contribution in [3.05, 3.63) is 41.6 Å². The van der Waals surface area contributed by atoms with Crippen LogP contribution in [-0.2, 0) is 0 Å². The molecule has 1 heterocycles. The Hall–Kier alpha value is -2.36. The van der Waals surface area contributed by atoms with E-state index in [9.17, 15) is 4.79 Å². The molecular formula is C15H15N3O. The fourth-order valence-electron chi connectivity index (χ4n) is 2.08. The fraction of sp³-hybridized carbons (Fsp3) is 0.200. The van der Waals surface area contributed by atoms with Gasteiger partial charge >= 0.3 is 0 Å². The Balaban J connectivity index is 1.93. The molecule has 0 atom stereocenters. The summed E-state index contributed by atoms with van der Waals surface area (Å²) < 4.78 is 0. The maximum Gasteiger partial charge on any atom is 0.166 e. The fourth-order valence-corrected chi connectivity index (χ4v) is 2.08. The largest absolute Gasteiger partial charge is 0.382 e. The van der Waals surface area contributed by atoms with E-state index in [0.29, 0.717) is 11.7 Å². The van der Waals surface area contributed by atoms with Crippen LogP contribution in [0, 0.1) is 5.41 Å². The number of aldehydes is 1. The number of nitrogens with one attached hydrogen (secondary N) is 3. The number of anilines is 1. The molecule has 0 amide bonds. The van der Waals surface area contributed by atoms with Crippen LogP contribution in [0.4, 0.5) is 5.69 Å². The van der Waals surface area contributed by atoms with E-state index < -0.39 is 0 Å². The van der Waals surface area contributed by atoms with Gasteiger partial charge in [-0.05, 0) is 42.7 Å². The molecule has 1 aromatic heterocycles. The second kappa shape index (κ2) is 4.72. The molecule has 2 aromatic rings. The number of carbonyl (C=O) groups excluding carboxylic acids is 1. The molecule has 0 bridgehead atoms. The summed E-state index contributed by atoms with van der Waals surface area (Å²) in [6.45, 7) is 0. The molecule has 0 unspecified atom stereocenters. The standard InChI is InChI=1S/C15H15N3O/c16-8-11-7-10(14-6-4-13(9-19)18-14)1-5-15(11)17-12-2-3-12/h1,4-9,12,16-18H,2-3H2. The first kappa shape index (κ1) is 11.7. The molecule has 0 radical (unpaired) electrons. The van der Waals surface area contributed by atoms with Gasteiger partial charge in [0, 0.05) is 29.2 Å². The predicted molar refractivity (Wildman–Crippen MR) is 76.1 cm³/mol. The Bertz CT molecular complexity index is 626. The molecule has 1 aromatic carbocycles. The van der Waals surface area contributed by atoms with Crippen LogP contribution in [0.1, 0.15) is 28.9 Å². The molecule has 4 nitrogen and oxygen atoms in total. The molecule has 0 aliphatic heterocycles. The maximum atomic E-state index is 10.7. The zero-order valence-electron chi connectivity index (χ0n) is 10.4. The molecule has 1 saturated carbocycles. The summed E-state index contributed by atoms with van der Waals surface area (Å²) >= 11 is 0. The summed E-state index contributed by atoms with van der Waals surface area (Å²) in [6.07, 6.45) is 4.57. The van der Waals surface area contributed by atoms with E-state index in [2.05, 4.69) is 10.3 Å². The quantitative estimate of drug-likeness (QED) is 0.566. The highest BCUT2D eigenvalue weighted by atomic mass is 16.1. The number of rotatable bonds is 5. The van der Waals surface area contributed by atoms with Gasteiger partial charge in [-0.2, -0.15) is 0 Å². The third kappa shape index (κ3) is 2.42. The summed E-state index contributed by atoms with van der Waals surface area (Å²) in [4.78, 5) is 13.7. The molecular weight excluding hydrogens is 238 g/mol. The summed E-state index contributed by atoms with van der Waals surface area (Å²) in [5.74, 6) is 0. The van der Waals surface area contributed by atoms with E-state index in [4.69, 9.17) is 5.41 Å². The van der Waals surface area contributed by atoms with Crippen molar-refractivity contribution in [3.63, 3.8) is 0 Å². The average Bonchev–Trinajstić information content (AvgIpc) is 3.13. The Morgan fingerprint density at radius 1 is 1.26 bits per heavy atom. The molecule has 1 aliphatic rings. The van der Waals surface area contributed by atoms with Gasteiger partial charge in [0.1, 0.15) is 0 Å². The van der Waals surface area contributed by atoms with Gasteiger partial charge < -0.3 is 15.7 Å². The van der Waals surface area contributed by atoms with Crippen molar-refractivity contribution in [1.29, 1.82) is 5.41 Å². The number of hydrogen-bond acceptors (Lipinski definition) is 3. The molecule has 1 aliphatic carbocycles. The highest BCUT2D eigenvalue weighted by molar-refractivity contribution is 5.88. The number of hydrogen-bond donors (Lipinski definition) is 3. The normalized spacial score (nSPS) is 14.1. The van der Waals surface area contributed by atoms with Crippen molar-refractivity contribution in [1.82, 2.24) is 4.98 Å². The van der Waals surface area contributed by atoms with Crippen LogP contribution in [-0.4, -0.2) is 23.5 Å². The van der Waals surface area contributed by atoms with Gasteiger partial charge in [-0.15, -0.1) is 0 Å². The predicted octanol–water partition coefficient (Wildman–Crippen LogP) is 3.07. The lowest BCUT2D eigenvalue weighted by Gasteiger charge is -2.09. The summed E-state index contributed by atoms with van der Waals surface area (Å²) in [5, 5.41) is 10.9. The van der Waals surface area contributed by atoms with E-state index in [1.807, 2.05) is 24.3 Å². The second-order valence-electron chi connectivity index (χ2n) is 4.81. The van der Waals surface area contributed by atoms with Crippen molar-refractivity contribution in [2.45, 2.75) is 18.9 Å². The topological polar surface area (TPSA) is 68.7 Å². The monoisotopic (exact) mass is 253 g/mol. The van der Waals surface area contributed by atoms with Crippen LogP contribution in [0.15, 0.2) is 30.3 Å². The first-order valence-corrected chi connectivity index (χ1v) is 6.36. The number of aromatic nitrogens is 1. The Morgan fingerprint density at radius 2 is 2.11 bits per heavy atom. The third-order valence-corrected chi connectivity index (χ3v) is 3.29. The first-order chi connectivity index (χ1) is 9.30. The van der Waals surface area contributed by atoms with Gasteiger partial charge in [-0.3, -0.25) is 4.79 Å². The lowest BCUT2D eigenvalue weighted by molar-refractivity contribution is 0.111. The minimum atomic E-state index is 0.562. The zero-order valence-corrected chi connectivity index (χ0v) is 10.4. The number of benzene rings is 1. The van der Waals surface area contributed by atoms with Crippen LogP contribution in [0.2, 0.25) is 0 Å². The maximum absolute atomic E-state index is 10.7. The summed E-state index contributed by atoms with van der Waals surface area (Å²) in [7, 11) is 0. The van der Waals surface area contributed by atoms with Crippen LogP contribution in [0.25, 0.3) is 11.3 Å². The van der Waals surface area contributed by atoms with Gasteiger partial charge in [-0.1, -0.05) is 6.07 Å². The molecule has 3 rings (SSSR count). The van der Waals surface area contributed by atoms with Gasteiger partial charge in [0.2, 0.25) is 0 Å². The molecule has 19 heavy (non-hydrogen) atoms. The molecule has 0 saturated heterocycles. The van der Waals surface area contributed by atoms with Crippen molar-refractivity contribution >= 4 is 18.2 Å². The van der Waals surface area contributed by atoms with Gasteiger partial charge in [0.15, 0.2) is 6.29 Å². The Morgan fingerprint density at radius 3 is 2.74 bits per heavy atom. The zero-order chi connectivity index (χ0) is 13.2. The van der Waals surface area contributed by atoms with Gasteiger partial charge in [0.25, 0.3) is 0 Å².